The molecule has 0 nitrogen and oxygen atoms in total. The highest BCUT2D eigenvalue weighted by Gasteiger charge is 2.57. The first-order valence-corrected chi connectivity index (χ1v) is 40.6. The topological polar surface area (TPSA) is 0 Å². The second-order valence-electron chi connectivity index (χ2n) is 33.5. The van der Waals surface area contributed by atoms with Crippen molar-refractivity contribution in [3.8, 4) is 66.8 Å². The van der Waals surface area contributed by atoms with E-state index in [1.165, 1.54) is 254 Å². The third kappa shape index (κ3) is 7.68. The summed E-state index contributed by atoms with van der Waals surface area (Å²) in [6.45, 7) is 20.7. The van der Waals surface area contributed by atoms with E-state index in [2.05, 4.69) is 284 Å². The van der Waals surface area contributed by atoms with E-state index in [9.17, 15) is 0 Å². The van der Waals surface area contributed by atoms with Gasteiger partial charge in [0, 0.05) is 60.2 Å². The molecule has 0 radical (unpaired) electrons. The maximum atomic E-state index is 2.67. The van der Waals surface area contributed by atoms with Crippen LogP contribution in [0.4, 0.5) is 0 Å². The average molecular weight is 1340 g/mol. The third-order valence-electron chi connectivity index (χ3n) is 28.9. The number of thioether (sulfide) groups is 4. The van der Waals surface area contributed by atoms with Crippen LogP contribution in [0.5, 0.6) is 0 Å². The van der Waals surface area contributed by atoms with Crippen molar-refractivity contribution < 1.29 is 0 Å². The molecule has 8 atom stereocenters. The van der Waals surface area contributed by atoms with Crippen LogP contribution in [0.25, 0.3) is 131 Å². The van der Waals surface area contributed by atoms with Gasteiger partial charge in [-0.05, 0) is 281 Å². The zero-order chi connectivity index (χ0) is 65.8. The fraction of sp³-hybridized carbons (Fsp3) is 0.340. The van der Waals surface area contributed by atoms with Crippen LogP contribution in [0.1, 0.15) is 180 Å². The predicted molar refractivity (Wildman–Crippen MR) is 427 cm³/mol. The van der Waals surface area contributed by atoms with Crippen LogP contribution in [0.2, 0.25) is 0 Å². The summed E-state index contributed by atoms with van der Waals surface area (Å²) in [5.74, 6) is 0. The molecular formula is C94H86S4. The molecule has 4 aliphatic carbocycles. The summed E-state index contributed by atoms with van der Waals surface area (Å²) in [5.41, 5.74) is 22.8. The number of fused-ring (bicyclic) bond motifs is 18. The monoisotopic (exact) mass is 1340 g/mol. The number of hydrogen-bond donors (Lipinski definition) is 0. The van der Waals surface area contributed by atoms with E-state index in [1.54, 1.807) is 22.3 Å². The fourth-order valence-corrected chi connectivity index (χ4v) is 29.3. The van der Waals surface area contributed by atoms with Gasteiger partial charge in [-0.25, -0.2) is 0 Å². The number of rotatable bonds is 6. The van der Waals surface area contributed by atoms with Gasteiger partial charge >= 0.3 is 0 Å². The minimum atomic E-state index is 0.122. The fourth-order valence-electron chi connectivity index (χ4n) is 22.5. The van der Waals surface area contributed by atoms with E-state index in [4.69, 9.17) is 0 Å². The van der Waals surface area contributed by atoms with Crippen LogP contribution in [0.3, 0.4) is 0 Å². The van der Waals surface area contributed by atoms with Crippen molar-refractivity contribution in [2.45, 2.75) is 218 Å². The lowest BCUT2D eigenvalue weighted by atomic mass is 9.64. The maximum absolute atomic E-state index is 2.67. The molecule has 0 bridgehead atoms. The maximum Gasteiger partial charge on any atom is 0.0273 e. The lowest BCUT2D eigenvalue weighted by Crippen LogP contribution is -2.43. The lowest BCUT2D eigenvalue weighted by molar-refractivity contribution is 0.260. The van der Waals surface area contributed by atoms with E-state index < -0.39 is 0 Å². The number of benzene rings is 11. The Labute approximate surface area is 596 Å². The SMILES string of the molecule is CC12CCCCC1(C)c1cc(-c3ccc4c5c(-c6ccccc6)c6c7ccc(-c8ccc9c(c8)C8(C)CCCCC8(C)S9)c8c(-c9ccc%10c(c9)C9(C)CCCCC9(C)S%10)ccc(c6c(-c6ccccc6)c5c5ccc(-c6ccc9c(c6)C6(C)CCCCC6(C)S9)c3c45)c87)ccc1S2. The van der Waals surface area contributed by atoms with Crippen LogP contribution in [0.15, 0.2) is 202 Å². The molecule has 0 N–H and O–H groups in total. The summed E-state index contributed by atoms with van der Waals surface area (Å²) in [6.07, 6.45) is 20.5. The van der Waals surface area contributed by atoms with Crippen LogP contribution in [-0.4, -0.2) is 19.0 Å². The molecule has 8 unspecified atom stereocenters. The highest BCUT2D eigenvalue weighted by molar-refractivity contribution is 8.02. The van der Waals surface area contributed by atoms with Gasteiger partial charge in [0.25, 0.3) is 0 Å². The molecule has 486 valence electrons. The van der Waals surface area contributed by atoms with Crippen molar-refractivity contribution in [3.63, 3.8) is 0 Å². The van der Waals surface area contributed by atoms with Gasteiger partial charge in [0.05, 0.1) is 0 Å². The van der Waals surface area contributed by atoms with Gasteiger partial charge in [0.1, 0.15) is 0 Å². The molecule has 21 rings (SSSR count). The van der Waals surface area contributed by atoms with Crippen molar-refractivity contribution in [3.05, 3.63) is 204 Å². The molecular weight excluding hydrogens is 1260 g/mol. The summed E-state index contributed by atoms with van der Waals surface area (Å²) in [6, 6.07) is 74.7. The van der Waals surface area contributed by atoms with Crippen molar-refractivity contribution >= 4 is 112 Å². The van der Waals surface area contributed by atoms with Gasteiger partial charge < -0.3 is 0 Å². The molecule has 4 aliphatic heterocycles. The lowest BCUT2D eigenvalue weighted by Gasteiger charge is -2.45. The summed E-state index contributed by atoms with van der Waals surface area (Å²) < 4.78 is 0.812. The van der Waals surface area contributed by atoms with E-state index in [1.807, 2.05) is 0 Å². The van der Waals surface area contributed by atoms with Gasteiger partial charge in [-0.3, -0.25) is 0 Å². The minimum absolute atomic E-state index is 0.122. The number of hydrogen-bond acceptors (Lipinski definition) is 4. The molecule has 13 aromatic rings. The van der Waals surface area contributed by atoms with Crippen molar-refractivity contribution in [1.29, 1.82) is 0 Å². The van der Waals surface area contributed by atoms with Gasteiger partial charge in [-0.2, -0.15) is 0 Å². The summed E-state index contributed by atoms with van der Waals surface area (Å²) in [7, 11) is 0. The first-order chi connectivity index (χ1) is 47.5. The highest BCUT2D eigenvalue weighted by atomic mass is 32.2. The molecule has 0 saturated heterocycles. The standard InChI is InChI=1S/C94H86S4/c1-87-43-15-19-47-91(87,5)95-73-39-27-57(51-69(73)87)61-31-35-65-81-66(36-32-62(79(61)81)58-28-40-74-70(52-58)88(2)44-16-20-48-92(88,6)96-74)84-78(56-25-13-10-14-26-56)86-68-38-34-64(60-30-42-76-72(54-60)90(4)46-18-22-50-94(90,8)98-76)80-63(59-29-41-75-71(53-59)89(3)45-17-21-49-93(89,7)97-75)33-37-67(82(68)80)85(86)77(83(65)84)55-23-11-9-12-24-55/h9-14,23-42,51-54H,15-22,43-50H2,1-8H3. The summed E-state index contributed by atoms with van der Waals surface area (Å²) in [5, 5.41) is 16.5. The first kappa shape index (κ1) is 60.1. The first-order valence-electron chi connectivity index (χ1n) is 37.4. The van der Waals surface area contributed by atoms with Crippen LogP contribution in [0, 0.1) is 0 Å². The smallest absolute Gasteiger partial charge is 0.0273 e. The average Bonchev–Trinajstić information content (AvgIpc) is 1.49. The zero-order valence-electron chi connectivity index (χ0n) is 58.3. The molecule has 4 heterocycles. The van der Waals surface area contributed by atoms with Crippen molar-refractivity contribution in [1.82, 2.24) is 0 Å². The van der Waals surface area contributed by atoms with Gasteiger partial charge in [0.15, 0.2) is 0 Å². The van der Waals surface area contributed by atoms with E-state index >= 15 is 0 Å². The molecule has 8 aliphatic rings. The van der Waals surface area contributed by atoms with Gasteiger partial charge in [0.2, 0.25) is 0 Å². The Kier molecular flexibility index (Phi) is 12.6. The Morgan fingerprint density at radius 3 is 0.724 bits per heavy atom. The highest BCUT2D eigenvalue weighted by Crippen LogP contribution is 2.69. The van der Waals surface area contributed by atoms with Crippen LogP contribution in [-0.2, 0) is 21.7 Å². The Morgan fingerprint density at radius 1 is 0.224 bits per heavy atom. The summed E-state index contributed by atoms with van der Waals surface area (Å²) >= 11 is 8.67. The van der Waals surface area contributed by atoms with E-state index in [0.717, 1.165) is 0 Å². The van der Waals surface area contributed by atoms with Gasteiger partial charge in [-0.15, -0.1) is 47.0 Å². The van der Waals surface area contributed by atoms with Crippen molar-refractivity contribution in [2.24, 2.45) is 0 Å². The Hall–Kier alpha value is -6.66. The minimum Gasteiger partial charge on any atom is -0.118 e. The zero-order valence-corrected chi connectivity index (χ0v) is 61.5. The third-order valence-corrected chi connectivity index (χ3v) is 35.6. The Balaban J connectivity index is 0.892. The molecule has 0 spiro atoms. The van der Waals surface area contributed by atoms with Crippen LogP contribution < -0.4 is 0 Å². The molecule has 4 saturated carbocycles. The second-order valence-corrected chi connectivity index (χ2v) is 39.6. The summed E-state index contributed by atoms with van der Waals surface area (Å²) in [4.78, 5) is 5.96. The molecule has 4 fully saturated rings. The largest absolute Gasteiger partial charge is 0.118 e. The predicted octanol–water partition coefficient (Wildman–Crippen LogP) is 28.3. The quantitative estimate of drug-likeness (QED) is 0.163. The van der Waals surface area contributed by atoms with E-state index in [0.29, 0.717) is 0 Å². The Morgan fingerprint density at radius 2 is 0.469 bits per heavy atom. The van der Waals surface area contributed by atoms with Crippen LogP contribution >= 0.6 is 47.0 Å². The van der Waals surface area contributed by atoms with Gasteiger partial charge in [-0.1, -0.05) is 213 Å². The molecule has 0 amide bonds. The molecule has 98 heavy (non-hydrogen) atoms. The Bertz CT molecular complexity index is 4990. The molecule has 0 aromatic heterocycles. The normalized spacial score (nSPS) is 29.1. The van der Waals surface area contributed by atoms with E-state index in [-0.39, 0.29) is 40.6 Å². The molecule has 13 aromatic carbocycles. The second kappa shape index (κ2) is 20.5. The molecule has 4 heteroatoms. The van der Waals surface area contributed by atoms with Crippen molar-refractivity contribution in [2.75, 3.05) is 0 Å².